The fraction of sp³-hybridized carbons (Fsp3) is 0.471. The number of hydrogen-bond acceptors (Lipinski definition) is 6. The van der Waals surface area contributed by atoms with Crippen LogP contribution in [0.3, 0.4) is 0 Å². The molecular formula is C17H22N2O6. The van der Waals surface area contributed by atoms with Gasteiger partial charge >= 0.3 is 0 Å². The average Bonchev–Trinajstić information content (AvgIpc) is 2.86. The van der Waals surface area contributed by atoms with E-state index in [1.807, 2.05) is 0 Å². The fourth-order valence-corrected chi connectivity index (χ4v) is 2.86. The van der Waals surface area contributed by atoms with Gasteiger partial charge in [-0.25, -0.2) is 0 Å². The molecule has 1 aliphatic heterocycles. The molecule has 136 valence electrons. The molecule has 0 aliphatic carbocycles. The van der Waals surface area contributed by atoms with Crippen LogP contribution in [0, 0.1) is 0 Å². The number of rotatable bonds is 7. The highest BCUT2D eigenvalue weighted by molar-refractivity contribution is 6.02. The molecule has 8 heteroatoms. The predicted molar refractivity (Wildman–Crippen MR) is 87.2 cm³/mol. The molecule has 1 aromatic carbocycles. The Hall–Kier alpha value is -2.61. The van der Waals surface area contributed by atoms with E-state index in [0.29, 0.717) is 12.0 Å². The number of aromatic hydroxyl groups is 1. The lowest BCUT2D eigenvalue weighted by molar-refractivity contribution is -0.170. The van der Waals surface area contributed by atoms with E-state index >= 15 is 0 Å². The number of phenols is 1. The molecule has 1 heterocycles. The van der Waals surface area contributed by atoms with Crippen molar-refractivity contribution in [2.75, 3.05) is 0 Å². The number of hydrogen-bond donors (Lipinski definition) is 3. The SMILES string of the molecule is CCCC(O)(C(=O)NC(C)(C)OC=O)N1Cc2c(O)cccc2C1=O. The summed E-state index contributed by atoms with van der Waals surface area (Å²) in [6.07, 6.45) is 0.404. The second-order valence-corrected chi connectivity index (χ2v) is 6.44. The Morgan fingerprint density at radius 3 is 2.68 bits per heavy atom. The quantitative estimate of drug-likeness (QED) is 0.496. The van der Waals surface area contributed by atoms with Crippen LogP contribution in [-0.2, 0) is 20.9 Å². The van der Waals surface area contributed by atoms with Crippen molar-refractivity contribution in [3.63, 3.8) is 0 Å². The summed E-state index contributed by atoms with van der Waals surface area (Å²) in [6.45, 7) is 4.74. The van der Waals surface area contributed by atoms with E-state index in [1.54, 1.807) is 6.92 Å². The third-order valence-corrected chi connectivity index (χ3v) is 4.11. The molecule has 3 N–H and O–H groups in total. The Morgan fingerprint density at radius 1 is 1.44 bits per heavy atom. The molecule has 0 spiro atoms. The van der Waals surface area contributed by atoms with Crippen LogP contribution in [-0.4, -0.2) is 44.8 Å². The Morgan fingerprint density at radius 2 is 2.12 bits per heavy atom. The van der Waals surface area contributed by atoms with Crippen molar-refractivity contribution >= 4 is 18.3 Å². The second-order valence-electron chi connectivity index (χ2n) is 6.44. The minimum Gasteiger partial charge on any atom is -0.508 e. The van der Waals surface area contributed by atoms with E-state index in [4.69, 9.17) is 4.74 Å². The smallest absolute Gasteiger partial charge is 0.295 e. The molecule has 1 atom stereocenters. The van der Waals surface area contributed by atoms with Gasteiger partial charge in [0.1, 0.15) is 5.75 Å². The van der Waals surface area contributed by atoms with E-state index < -0.39 is 23.3 Å². The van der Waals surface area contributed by atoms with E-state index in [9.17, 15) is 24.6 Å². The lowest BCUT2D eigenvalue weighted by Crippen LogP contribution is -2.62. The molecule has 0 radical (unpaired) electrons. The molecule has 2 amide bonds. The lowest BCUT2D eigenvalue weighted by Gasteiger charge is -2.37. The fourth-order valence-electron chi connectivity index (χ4n) is 2.86. The van der Waals surface area contributed by atoms with Crippen LogP contribution >= 0.6 is 0 Å². The van der Waals surface area contributed by atoms with Gasteiger partial charge in [0.15, 0.2) is 5.72 Å². The largest absolute Gasteiger partial charge is 0.508 e. The van der Waals surface area contributed by atoms with Crippen LogP contribution in [0.2, 0.25) is 0 Å². The highest BCUT2D eigenvalue weighted by atomic mass is 16.6. The number of amides is 2. The number of fused-ring (bicyclic) bond motifs is 1. The van der Waals surface area contributed by atoms with Gasteiger partial charge in [-0.3, -0.25) is 19.3 Å². The number of benzene rings is 1. The Kier molecular flexibility index (Phi) is 5.03. The summed E-state index contributed by atoms with van der Waals surface area (Å²) in [6, 6.07) is 4.49. The first-order chi connectivity index (χ1) is 11.7. The molecule has 1 aliphatic rings. The summed E-state index contributed by atoms with van der Waals surface area (Å²) in [5.41, 5.74) is -2.89. The molecule has 0 saturated carbocycles. The Bertz CT molecular complexity index is 702. The van der Waals surface area contributed by atoms with Crippen LogP contribution in [0.25, 0.3) is 0 Å². The molecule has 2 rings (SSSR count). The first-order valence-electron chi connectivity index (χ1n) is 7.95. The Balaban J connectivity index is 2.34. The van der Waals surface area contributed by atoms with Crippen molar-refractivity contribution < 1.29 is 29.3 Å². The molecule has 25 heavy (non-hydrogen) atoms. The minimum atomic E-state index is -2.14. The number of carbonyl (C=O) groups is 3. The van der Waals surface area contributed by atoms with Crippen molar-refractivity contribution in [3.05, 3.63) is 29.3 Å². The van der Waals surface area contributed by atoms with Gasteiger partial charge in [-0.2, -0.15) is 0 Å². The van der Waals surface area contributed by atoms with Crippen LogP contribution in [0.5, 0.6) is 5.75 Å². The van der Waals surface area contributed by atoms with Gasteiger partial charge in [0.25, 0.3) is 18.3 Å². The third kappa shape index (κ3) is 3.43. The van der Waals surface area contributed by atoms with Gasteiger partial charge in [0, 0.05) is 17.5 Å². The van der Waals surface area contributed by atoms with Gasteiger partial charge < -0.3 is 20.3 Å². The molecule has 0 aromatic heterocycles. The molecule has 0 saturated heterocycles. The van der Waals surface area contributed by atoms with Gasteiger partial charge in [-0.05, 0) is 26.0 Å². The van der Waals surface area contributed by atoms with Gasteiger partial charge in [0.05, 0.1) is 6.54 Å². The normalized spacial score (nSPS) is 16.2. The number of phenolic OH excluding ortho intramolecular Hbond substituents is 1. The number of ether oxygens (including phenoxy) is 1. The van der Waals surface area contributed by atoms with E-state index in [1.165, 1.54) is 32.0 Å². The van der Waals surface area contributed by atoms with Crippen molar-refractivity contribution in [1.82, 2.24) is 10.2 Å². The summed E-state index contributed by atoms with van der Waals surface area (Å²) in [5, 5.41) is 23.4. The third-order valence-electron chi connectivity index (χ3n) is 4.11. The molecular weight excluding hydrogens is 328 g/mol. The first-order valence-corrected chi connectivity index (χ1v) is 7.95. The zero-order chi connectivity index (χ0) is 18.8. The number of nitrogens with one attached hydrogen (secondary N) is 1. The van der Waals surface area contributed by atoms with Crippen LogP contribution in [0.15, 0.2) is 18.2 Å². The zero-order valence-corrected chi connectivity index (χ0v) is 14.4. The second kappa shape index (κ2) is 6.72. The molecule has 1 unspecified atom stereocenters. The standard InChI is InChI=1S/C17H22N2O6/c1-4-8-17(24,15(23)18-16(2,3)25-10-20)19-9-12-11(14(19)22)6-5-7-13(12)21/h5-7,10,21,24H,4,8-9H2,1-3H3,(H,18,23). The van der Waals surface area contributed by atoms with E-state index in [2.05, 4.69) is 5.32 Å². The maximum atomic E-state index is 12.7. The topological polar surface area (TPSA) is 116 Å². The lowest BCUT2D eigenvalue weighted by atomic mass is 10.0. The summed E-state index contributed by atoms with van der Waals surface area (Å²) in [5.74, 6) is -1.48. The summed E-state index contributed by atoms with van der Waals surface area (Å²) < 4.78 is 4.78. The maximum Gasteiger partial charge on any atom is 0.295 e. The summed E-state index contributed by atoms with van der Waals surface area (Å²) >= 11 is 0. The first kappa shape index (κ1) is 18.7. The van der Waals surface area contributed by atoms with Crippen LogP contribution < -0.4 is 5.32 Å². The van der Waals surface area contributed by atoms with Gasteiger partial charge in [0.2, 0.25) is 5.72 Å². The molecule has 0 fully saturated rings. The zero-order valence-electron chi connectivity index (χ0n) is 14.4. The van der Waals surface area contributed by atoms with Crippen LogP contribution in [0.4, 0.5) is 0 Å². The summed E-state index contributed by atoms with van der Waals surface area (Å²) in [7, 11) is 0. The molecule has 0 bridgehead atoms. The summed E-state index contributed by atoms with van der Waals surface area (Å²) in [4.78, 5) is 36.9. The minimum absolute atomic E-state index is 0.0174. The van der Waals surface area contributed by atoms with Crippen molar-refractivity contribution in [2.45, 2.75) is 51.6 Å². The number of carbonyl (C=O) groups excluding carboxylic acids is 3. The predicted octanol–water partition coefficient (Wildman–Crippen LogP) is 0.862. The molecule has 1 aromatic rings. The monoisotopic (exact) mass is 350 g/mol. The van der Waals surface area contributed by atoms with Crippen LogP contribution in [0.1, 0.15) is 49.5 Å². The van der Waals surface area contributed by atoms with E-state index in [-0.39, 0.29) is 30.8 Å². The van der Waals surface area contributed by atoms with E-state index in [0.717, 1.165) is 4.90 Å². The van der Waals surface area contributed by atoms with Gasteiger partial charge in [-0.1, -0.05) is 19.4 Å². The Labute approximate surface area is 145 Å². The highest BCUT2D eigenvalue weighted by Gasteiger charge is 2.49. The van der Waals surface area contributed by atoms with Crippen molar-refractivity contribution in [1.29, 1.82) is 0 Å². The molecule has 8 nitrogen and oxygen atoms in total. The highest BCUT2D eigenvalue weighted by Crippen LogP contribution is 2.35. The van der Waals surface area contributed by atoms with Crippen molar-refractivity contribution in [2.24, 2.45) is 0 Å². The maximum absolute atomic E-state index is 12.7. The van der Waals surface area contributed by atoms with Crippen molar-refractivity contribution in [3.8, 4) is 5.75 Å². The number of nitrogens with zero attached hydrogens (tertiary/aromatic N) is 1. The average molecular weight is 350 g/mol. The van der Waals surface area contributed by atoms with Gasteiger partial charge in [-0.15, -0.1) is 0 Å². The number of aliphatic hydroxyl groups is 1.